The largest absolute Gasteiger partial charge is 0.346 e. The number of rotatable bonds is 7. The predicted molar refractivity (Wildman–Crippen MR) is 112 cm³/mol. The Morgan fingerprint density at radius 1 is 1.14 bits per heavy atom. The van der Waals surface area contributed by atoms with Gasteiger partial charge in [0, 0.05) is 6.20 Å². The number of benzene rings is 1. The van der Waals surface area contributed by atoms with Crippen LogP contribution in [0.5, 0.6) is 0 Å². The van der Waals surface area contributed by atoms with Gasteiger partial charge in [0.2, 0.25) is 0 Å². The fourth-order valence-corrected chi connectivity index (χ4v) is 3.38. The molecule has 0 aliphatic rings. The van der Waals surface area contributed by atoms with Crippen LogP contribution in [0.3, 0.4) is 0 Å². The molecule has 3 rings (SSSR count). The van der Waals surface area contributed by atoms with Crippen molar-refractivity contribution in [3.63, 3.8) is 0 Å². The van der Waals surface area contributed by atoms with E-state index in [-0.39, 0.29) is 5.91 Å². The Morgan fingerprint density at radius 2 is 1.89 bits per heavy atom. The van der Waals surface area contributed by atoms with Crippen LogP contribution in [0.25, 0.3) is 5.69 Å². The number of para-hydroxylation sites is 1. The summed E-state index contributed by atoms with van der Waals surface area (Å²) in [5, 5.41) is 7.90. The van der Waals surface area contributed by atoms with E-state index in [2.05, 4.69) is 50.1 Å². The van der Waals surface area contributed by atoms with Gasteiger partial charge in [-0.2, -0.15) is 5.10 Å². The monoisotopic (exact) mass is 376 g/mol. The first-order valence-electron chi connectivity index (χ1n) is 9.86. The first-order chi connectivity index (χ1) is 13.5. The number of carbonyl (C=O) groups is 1. The van der Waals surface area contributed by atoms with E-state index >= 15 is 0 Å². The van der Waals surface area contributed by atoms with Crippen LogP contribution in [0.15, 0.2) is 48.7 Å². The van der Waals surface area contributed by atoms with Crippen molar-refractivity contribution < 1.29 is 4.79 Å². The summed E-state index contributed by atoms with van der Waals surface area (Å²) >= 11 is 0. The Kier molecular flexibility index (Phi) is 6.24. The molecule has 28 heavy (non-hydrogen) atoms. The number of carbonyl (C=O) groups excluding carboxylic acids is 1. The van der Waals surface area contributed by atoms with E-state index in [9.17, 15) is 4.79 Å². The van der Waals surface area contributed by atoms with Gasteiger partial charge in [0.05, 0.1) is 34.9 Å². The molecule has 2 heterocycles. The van der Waals surface area contributed by atoms with Gasteiger partial charge in [0.25, 0.3) is 5.91 Å². The highest BCUT2D eigenvalue weighted by atomic mass is 16.1. The number of hydrogen-bond donors (Lipinski definition) is 1. The molecule has 0 aliphatic heterocycles. The lowest BCUT2D eigenvalue weighted by Crippen LogP contribution is -2.25. The molecule has 0 spiro atoms. The highest BCUT2D eigenvalue weighted by molar-refractivity contribution is 5.96. The summed E-state index contributed by atoms with van der Waals surface area (Å²) in [7, 11) is 0. The highest BCUT2D eigenvalue weighted by Gasteiger charge is 2.24. The third-order valence-corrected chi connectivity index (χ3v) is 4.72. The second-order valence-corrected chi connectivity index (χ2v) is 7.42. The molecule has 0 aliphatic carbocycles. The minimum Gasteiger partial charge on any atom is -0.346 e. The van der Waals surface area contributed by atoms with Crippen molar-refractivity contribution in [1.82, 2.24) is 20.1 Å². The SMILES string of the molecule is CCc1c(C(=O)NCc2ccccn2)c(CC(C)C)nn1-c1ccccc1C. The molecular weight excluding hydrogens is 348 g/mol. The van der Waals surface area contributed by atoms with Gasteiger partial charge in [-0.25, -0.2) is 4.68 Å². The highest BCUT2D eigenvalue weighted by Crippen LogP contribution is 2.24. The molecule has 5 heteroatoms. The zero-order valence-electron chi connectivity index (χ0n) is 17.1. The average molecular weight is 377 g/mol. The van der Waals surface area contributed by atoms with Gasteiger partial charge in [0.1, 0.15) is 0 Å². The molecule has 146 valence electrons. The number of nitrogens with zero attached hydrogens (tertiary/aromatic N) is 3. The van der Waals surface area contributed by atoms with Crippen LogP contribution < -0.4 is 5.32 Å². The van der Waals surface area contributed by atoms with Gasteiger partial charge in [-0.15, -0.1) is 0 Å². The second-order valence-electron chi connectivity index (χ2n) is 7.42. The first-order valence-corrected chi connectivity index (χ1v) is 9.86. The quantitative estimate of drug-likeness (QED) is 0.670. The lowest BCUT2D eigenvalue weighted by atomic mass is 10.0. The summed E-state index contributed by atoms with van der Waals surface area (Å²) in [6.45, 7) is 8.83. The molecule has 1 amide bonds. The Balaban J connectivity index is 2.00. The second kappa shape index (κ2) is 8.83. The van der Waals surface area contributed by atoms with E-state index < -0.39 is 0 Å². The van der Waals surface area contributed by atoms with E-state index in [0.717, 1.165) is 41.2 Å². The lowest BCUT2D eigenvalue weighted by Gasteiger charge is -2.11. The van der Waals surface area contributed by atoms with Crippen LogP contribution in [0.4, 0.5) is 0 Å². The molecule has 5 nitrogen and oxygen atoms in total. The van der Waals surface area contributed by atoms with Crippen LogP contribution in [0, 0.1) is 12.8 Å². The maximum atomic E-state index is 13.1. The van der Waals surface area contributed by atoms with E-state index in [1.165, 1.54) is 0 Å². The zero-order valence-corrected chi connectivity index (χ0v) is 17.1. The molecule has 0 radical (unpaired) electrons. The number of amides is 1. The molecule has 0 saturated heterocycles. The van der Waals surface area contributed by atoms with E-state index in [1.54, 1.807) is 6.20 Å². The third-order valence-electron chi connectivity index (χ3n) is 4.72. The molecule has 0 atom stereocenters. The average Bonchev–Trinajstić information content (AvgIpc) is 3.04. The molecule has 1 aromatic carbocycles. The molecule has 0 fully saturated rings. The Morgan fingerprint density at radius 3 is 2.54 bits per heavy atom. The molecule has 2 aromatic heterocycles. The minimum atomic E-state index is -0.0852. The van der Waals surface area contributed by atoms with Crippen LogP contribution in [-0.4, -0.2) is 20.7 Å². The van der Waals surface area contributed by atoms with Crippen molar-refractivity contribution in [3.05, 3.63) is 76.9 Å². The molecule has 0 saturated carbocycles. The Labute approximate surface area is 166 Å². The normalized spacial score (nSPS) is 11.0. The molecule has 0 unspecified atom stereocenters. The fourth-order valence-electron chi connectivity index (χ4n) is 3.38. The van der Waals surface area contributed by atoms with Crippen molar-refractivity contribution in [2.45, 2.75) is 47.1 Å². The summed E-state index contributed by atoms with van der Waals surface area (Å²) in [6, 6.07) is 13.8. The van der Waals surface area contributed by atoms with Gasteiger partial charge in [0.15, 0.2) is 0 Å². The summed E-state index contributed by atoms with van der Waals surface area (Å²) in [5.41, 5.74) is 5.50. The van der Waals surface area contributed by atoms with Crippen molar-refractivity contribution >= 4 is 5.91 Å². The zero-order chi connectivity index (χ0) is 20.1. The number of aryl methyl sites for hydroxylation is 1. The minimum absolute atomic E-state index is 0.0852. The molecule has 0 bridgehead atoms. The smallest absolute Gasteiger partial charge is 0.255 e. The van der Waals surface area contributed by atoms with Crippen LogP contribution in [-0.2, 0) is 19.4 Å². The van der Waals surface area contributed by atoms with Crippen molar-refractivity contribution in [2.24, 2.45) is 5.92 Å². The van der Waals surface area contributed by atoms with Gasteiger partial charge >= 0.3 is 0 Å². The third kappa shape index (κ3) is 4.30. The summed E-state index contributed by atoms with van der Waals surface area (Å²) in [4.78, 5) is 17.4. The predicted octanol–water partition coefficient (Wildman–Crippen LogP) is 4.27. The van der Waals surface area contributed by atoms with Crippen LogP contribution in [0.2, 0.25) is 0 Å². The van der Waals surface area contributed by atoms with Gasteiger partial charge in [-0.1, -0.05) is 45.0 Å². The maximum absolute atomic E-state index is 13.1. The van der Waals surface area contributed by atoms with E-state index in [1.807, 2.05) is 35.0 Å². The number of aromatic nitrogens is 3. The van der Waals surface area contributed by atoms with Crippen LogP contribution >= 0.6 is 0 Å². The van der Waals surface area contributed by atoms with Crippen molar-refractivity contribution in [2.75, 3.05) is 0 Å². The summed E-state index contributed by atoms with van der Waals surface area (Å²) in [6.07, 6.45) is 3.23. The van der Waals surface area contributed by atoms with E-state index in [4.69, 9.17) is 5.10 Å². The van der Waals surface area contributed by atoms with Crippen molar-refractivity contribution in [3.8, 4) is 5.69 Å². The first kappa shape index (κ1) is 19.8. The maximum Gasteiger partial charge on any atom is 0.255 e. The van der Waals surface area contributed by atoms with Gasteiger partial charge in [-0.3, -0.25) is 9.78 Å². The summed E-state index contributed by atoms with van der Waals surface area (Å²) < 4.78 is 1.95. The van der Waals surface area contributed by atoms with Gasteiger partial charge < -0.3 is 5.32 Å². The van der Waals surface area contributed by atoms with E-state index in [0.29, 0.717) is 18.0 Å². The summed E-state index contributed by atoms with van der Waals surface area (Å²) in [5.74, 6) is 0.324. The Bertz CT molecular complexity index is 944. The molecular formula is C23H28N4O. The lowest BCUT2D eigenvalue weighted by molar-refractivity contribution is 0.0948. The number of nitrogens with one attached hydrogen (secondary N) is 1. The fraction of sp³-hybridized carbons (Fsp3) is 0.348. The standard InChI is InChI=1S/C23H28N4O/c1-5-20-22(23(28)25-15-18-11-8-9-13-24-18)19(14-16(2)3)26-27(20)21-12-7-6-10-17(21)4/h6-13,16H,5,14-15H2,1-4H3,(H,25,28). The van der Waals surface area contributed by atoms with Gasteiger partial charge in [-0.05, 0) is 49.4 Å². The van der Waals surface area contributed by atoms with Crippen LogP contribution in [0.1, 0.15) is 53.8 Å². The topological polar surface area (TPSA) is 59.8 Å². The Hall–Kier alpha value is -2.95. The van der Waals surface area contributed by atoms with Crippen molar-refractivity contribution in [1.29, 1.82) is 0 Å². The molecule has 1 N–H and O–H groups in total. The number of hydrogen-bond acceptors (Lipinski definition) is 3. The number of pyridine rings is 1. The molecule has 3 aromatic rings.